The van der Waals surface area contributed by atoms with Gasteiger partial charge in [-0.25, -0.2) is 0 Å². The summed E-state index contributed by atoms with van der Waals surface area (Å²) in [6.45, 7) is 3.84. The van der Waals surface area contributed by atoms with Crippen molar-refractivity contribution in [1.82, 2.24) is 4.90 Å². The van der Waals surface area contributed by atoms with Crippen LogP contribution in [0.2, 0.25) is 0 Å². The summed E-state index contributed by atoms with van der Waals surface area (Å²) < 4.78 is 0. The highest BCUT2D eigenvalue weighted by atomic mass is 16.2. The zero-order chi connectivity index (χ0) is 20.6. The van der Waals surface area contributed by atoms with Crippen LogP contribution in [-0.4, -0.2) is 55.0 Å². The van der Waals surface area contributed by atoms with Crippen LogP contribution >= 0.6 is 0 Å². The summed E-state index contributed by atoms with van der Waals surface area (Å²) in [7, 11) is 0. The van der Waals surface area contributed by atoms with Crippen molar-refractivity contribution in [2.45, 2.75) is 31.2 Å². The van der Waals surface area contributed by atoms with E-state index in [0.29, 0.717) is 6.54 Å². The highest BCUT2D eigenvalue weighted by Gasteiger charge is 2.52. The number of carbonyl (C=O) groups is 2. The molecule has 1 spiro atoms. The Bertz CT molecular complexity index is 931. The molecule has 0 bridgehead atoms. The Labute approximate surface area is 177 Å². The summed E-state index contributed by atoms with van der Waals surface area (Å²) in [5.74, 6) is 0.00769. The minimum absolute atomic E-state index is 0.0269. The number of hydrogen-bond acceptors (Lipinski definition) is 4. The molecule has 2 aromatic carbocycles. The summed E-state index contributed by atoms with van der Waals surface area (Å²) in [5, 5.41) is 3.05. The number of nitrogens with one attached hydrogen (secondary N) is 1. The Morgan fingerprint density at radius 2 is 1.57 bits per heavy atom. The Morgan fingerprint density at radius 3 is 2.30 bits per heavy atom. The predicted molar refractivity (Wildman–Crippen MR) is 119 cm³/mol. The van der Waals surface area contributed by atoms with Crippen molar-refractivity contribution in [3.63, 3.8) is 0 Å². The lowest BCUT2D eigenvalue weighted by Gasteiger charge is -2.45. The molecule has 2 aliphatic heterocycles. The zero-order valence-corrected chi connectivity index (χ0v) is 17.2. The maximum absolute atomic E-state index is 13.6. The average Bonchev–Trinajstić information content (AvgIpc) is 3.26. The summed E-state index contributed by atoms with van der Waals surface area (Å²) in [4.78, 5) is 33.1. The van der Waals surface area contributed by atoms with Gasteiger partial charge in [0.05, 0.1) is 17.9 Å². The number of fused-ring (bicyclic) bond motifs is 1. The van der Waals surface area contributed by atoms with E-state index < -0.39 is 5.54 Å². The molecule has 0 atom stereocenters. The summed E-state index contributed by atoms with van der Waals surface area (Å²) in [6.07, 6.45) is 3.44. The highest BCUT2D eigenvalue weighted by molar-refractivity contribution is 6.15. The molecule has 2 amide bonds. The molecular weight excluding hydrogens is 376 g/mol. The molecule has 2 fully saturated rings. The highest BCUT2D eigenvalue weighted by Crippen LogP contribution is 2.45. The van der Waals surface area contributed by atoms with Crippen LogP contribution in [0.25, 0.3) is 0 Å². The lowest BCUT2D eigenvalue weighted by Crippen LogP contribution is -2.62. The van der Waals surface area contributed by atoms with Crippen molar-refractivity contribution in [2.75, 3.05) is 47.8 Å². The Balaban J connectivity index is 1.33. The van der Waals surface area contributed by atoms with Crippen LogP contribution in [0.4, 0.5) is 17.1 Å². The van der Waals surface area contributed by atoms with E-state index in [1.165, 1.54) is 5.69 Å². The van der Waals surface area contributed by atoms with Crippen molar-refractivity contribution in [3.8, 4) is 0 Å². The molecule has 6 heteroatoms. The second-order valence-corrected chi connectivity index (χ2v) is 8.54. The van der Waals surface area contributed by atoms with E-state index in [0.717, 1.165) is 63.2 Å². The fourth-order valence-corrected chi connectivity index (χ4v) is 5.19. The van der Waals surface area contributed by atoms with Gasteiger partial charge in [0.1, 0.15) is 5.54 Å². The van der Waals surface area contributed by atoms with Crippen molar-refractivity contribution in [2.24, 2.45) is 0 Å². The summed E-state index contributed by atoms with van der Waals surface area (Å²) >= 11 is 0. The molecule has 1 aliphatic carbocycles. The van der Waals surface area contributed by atoms with E-state index in [9.17, 15) is 9.59 Å². The Hall–Kier alpha value is -2.86. The first-order chi connectivity index (χ1) is 14.7. The van der Waals surface area contributed by atoms with Gasteiger partial charge in [0.2, 0.25) is 5.91 Å². The molecule has 2 aromatic rings. The van der Waals surface area contributed by atoms with Crippen molar-refractivity contribution >= 4 is 28.9 Å². The third-order valence-corrected chi connectivity index (χ3v) is 6.78. The number of rotatable bonds is 3. The van der Waals surface area contributed by atoms with E-state index in [-0.39, 0.29) is 11.8 Å². The van der Waals surface area contributed by atoms with Crippen LogP contribution in [0.1, 0.15) is 25.7 Å². The van der Waals surface area contributed by atoms with Gasteiger partial charge in [0, 0.05) is 31.9 Å². The van der Waals surface area contributed by atoms with Gasteiger partial charge in [0.15, 0.2) is 0 Å². The number of amides is 2. The minimum Gasteiger partial charge on any atom is -0.369 e. The van der Waals surface area contributed by atoms with Crippen LogP contribution < -0.4 is 15.1 Å². The van der Waals surface area contributed by atoms with E-state index in [2.05, 4.69) is 39.4 Å². The standard InChI is InChI=1S/C24H28N4O2/c29-22(18-26-14-16-27(17-15-26)19-8-2-1-3-9-19)28-21-11-5-4-10-20(21)25-23(30)24(28)12-6-7-13-24/h1-5,8-11H,6-7,12-18H2,(H,25,30). The summed E-state index contributed by atoms with van der Waals surface area (Å²) in [6, 6.07) is 18.1. The van der Waals surface area contributed by atoms with Crippen LogP contribution in [-0.2, 0) is 9.59 Å². The molecule has 1 N–H and O–H groups in total. The van der Waals surface area contributed by atoms with E-state index >= 15 is 0 Å². The molecule has 5 rings (SSSR count). The molecule has 0 radical (unpaired) electrons. The third-order valence-electron chi connectivity index (χ3n) is 6.78. The molecule has 0 unspecified atom stereocenters. The lowest BCUT2D eigenvalue weighted by atomic mass is 9.89. The normalized spacial score (nSPS) is 20.9. The summed E-state index contributed by atoms with van der Waals surface area (Å²) in [5.41, 5.74) is 2.08. The Kier molecular flexibility index (Phi) is 4.95. The molecule has 1 saturated carbocycles. The first kappa shape index (κ1) is 19.1. The number of para-hydroxylation sites is 3. The lowest BCUT2D eigenvalue weighted by molar-refractivity contribution is -0.128. The number of benzene rings is 2. The number of piperazine rings is 1. The number of nitrogens with zero attached hydrogens (tertiary/aromatic N) is 3. The van der Waals surface area contributed by atoms with Crippen LogP contribution in [0.3, 0.4) is 0 Å². The topological polar surface area (TPSA) is 55.9 Å². The van der Waals surface area contributed by atoms with Gasteiger partial charge in [-0.1, -0.05) is 43.2 Å². The molecule has 2 heterocycles. The quantitative estimate of drug-likeness (QED) is 0.854. The number of anilines is 3. The van der Waals surface area contributed by atoms with E-state index in [1.54, 1.807) is 0 Å². The fraction of sp³-hybridized carbons (Fsp3) is 0.417. The maximum Gasteiger partial charge on any atom is 0.250 e. The first-order valence-electron chi connectivity index (χ1n) is 10.9. The smallest absolute Gasteiger partial charge is 0.250 e. The van der Waals surface area contributed by atoms with Gasteiger partial charge in [-0.3, -0.25) is 19.4 Å². The molecule has 156 valence electrons. The number of carbonyl (C=O) groups excluding carboxylic acids is 2. The minimum atomic E-state index is -0.725. The van der Waals surface area contributed by atoms with E-state index in [4.69, 9.17) is 0 Å². The van der Waals surface area contributed by atoms with Crippen LogP contribution in [0.5, 0.6) is 0 Å². The van der Waals surface area contributed by atoms with Crippen LogP contribution in [0.15, 0.2) is 54.6 Å². The van der Waals surface area contributed by atoms with Crippen LogP contribution in [0, 0.1) is 0 Å². The molecule has 0 aromatic heterocycles. The molecular formula is C24H28N4O2. The predicted octanol–water partition coefficient (Wildman–Crippen LogP) is 3.11. The van der Waals surface area contributed by atoms with E-state index in [1.807, 2.05) is 35.2 Å². The first-order valence-corrected chi connectivity index (χ1v) is 10.9. The Morgan fingerprint density at radius 1 is 0.900 bits per heavy atom. The third kappa shape index (κ3) is 3.25. The monoisotopic (exact) mass is 404 g/mol. The largest absolute Gasteiger partial charge is 0.369 e. The SMILES string of the molecule is O=C(CN1CCN(c2ccccc2)CC1)N1c2ccccc2NC(=O)C12CCCC2. The zero-order valence-electron chi connectivity index (χ0n) is 17.2. The molecule has 30 heavy (non-hydrogen) atoms. The molecule has 1 saturated heterocycles. The average molecular weight is 405 g/mol. The van der Waals surface area contributed by atoms with Crippen molar-refractivity contribution in [3.05, 3.63) is 54.6 Å². The van der Waals surface area contributed by atoms with Gasteiger partial charge in [-0.05, 0) is 37.1 Å². The van der Waals surface area contributed by atoms with Gasteiger partial charge in [0.25, 0.3) is 5.91 Å². The van der Waals surface area contributed by atoms with Gasteiger partial charge < -0.3 is 10.2 Å². The van der Waals surface area contributed by atoms with Crippen molar-refractivity contribution < 1.29 is 9.59 Å². The molecule has 3 aliphatic rings. The maximum atomic E-state index is 13.6. The molecule has 6 nitrogen and oxygen atoms in total. The van der Waals surface area contributed by atoms with Gasteiger partial charge in [-0.2, -0.15) is 0 Å². The fourth-order valence-electron chi connectivity index (χ4n) is 5.19. The second kappa shape index (κ2) is 7.76. The van der Waals surface area contributed by atoms with Crippen molar-refractivity contribution in [1.29, 1.82) is 0 Å². The second-order valence-electron chi connectivity index (χ2n) is 8.54. The number of hydrogen-bond donors (Lipinski definition) is 1. The van der Waals surface area contributed by atoms with Gasteiger partial charge >= 0.3 is 0 Å². The van der Waals surface area contributed by atoms with Gasteiger partial charge in [-0.15, -0.1) is 0 Å².